The molecule has 0 atom stereocenters. The van der Waals surface area contributed by atoms with Gasteiger partial charge in [0.2, 0.25) is 0 Å². The maximum atomic E-state index is 12.4. The number of carbonyl (C=O) groups excluding carboxylic acids is 1. The Morgan fingerprint density at radius 2 is 2.15 bits per heavy atom. The SMILES string of the molecule is CCc1occc1C(=O)Cc1ncc(C)c(OC)c1C. The van der Waals surface area contributed by atoms with Crippen LogP contribution in [-0.2, 0) is 12.8 Å². The topological polar surface area (TPSA) is 52.3 Å². The number of hydrogen-bond donors (Lipinski definition) is 0. The normalized spacial score (nSPS) is 10.6. The highest BCUT2D eigenvalue weighted by Crippen LogP contribution is 2.25. The van der Waals surface area contributed by atoms with E-state index in [0.717, 1.165) is 28.3 Å². The highest BCUT2D eigenvalue weighted by molar-refractivity contribution is 5.98. The molecule has 0 fully saturated rings. The van der Waals surface area contributed by atoms with E-state index in [1.807, 2.05) is 20.8 Å². The Labute approximate surface area is 118 Å². The van der Waals surface area contributed by atoms with Gasteiger partial charge in [0.25, 0.3) is 0 Å². The fraction of sp³-hybridized carbons (Fsp3) is 0.375. The number of pyridine rings is 1. The van der Waals surface area contributed by atoms with E-state index < -0.39 is 0 Å². The molecule has 4 nitrogen and oxygen atoms in total. The van der Waals surface area contributed by atoms with Crippen LogP contribution in [0.1, 0.15) is 39.9 Å². The number of furan rings is 1. The first-order valence-electron chi connectivity index (χ1n) is 6.67. The van der Waals surface area contributed by atoms with Crippen molar-refractivity contribution in [3.8, 4) is 5.75 Å². The zero-order valence-electron chi connectivity index (χ0n) is 12.3. The van der Waals surface area contributed by atoms with Crippen molar-refractivity contribution in [3.05, 3.63) is 46.7 Å². The van der Waals surface area contributed by atoms with Gasteiger partial charge in [-0.05, 0) is 19.9 Å². The number of carbonyl (C=O) groups is 1. The van der Waals surface area contributed by atoms with Crippen molar-refractivity contribution in [3.63, 3.8) is 0 Å². The number of ether oxygens (including phenoxy) is 1. The van der Waals surface area contributed by atoms with Crippen molar-refractivity contribution < 1.29 is 13.9 Å². The molecule has 2 aromatic rings. The first-order valence-corrected chi connectivity index (χ1v) is 6.67. The van der Waals surface area contributed by atoms with E-state index in [1.54, 1.807) is 25.6 Å². The molecular weight excluding hydrogens is 254 g/mol. The van der Waals surface area contributed by atoms with E-state index in [-0.39, 0.29) is 12.2 Å². The van der Waals surface area contributed by atoms with E-state index in [2.05, 4.69) is 4.98 Å². The number of aryl methyl sites for hydroxylation is 2. The van der Waals surface area contributed by atoms with Gasteiger partial charge in [-0.2, -0.15) is 0 Å². The molecule has 0 saturated heterocycles. The standard InChI is InChI=1S/C16H19NO3/c1-5-15-12(6-7-20-15)14(18)8-13-11(3)16(19-4)10(2)9-17-13/h6-7,9H,5,8H2,1-4H3. The van der Waals surface area contributed by atoms with Gasteiger partial charge < -0.3 is 9.15 Å². The summed E-state index contributed by atoms with van der Waals surface area (Å²) in [7, 11) is 1.63. The van der Waals surface area contributed by atoms with Crippen LogP contribution in [0.25, 0.3) is 0 Å². The molecule has 0 aliphatic rings. The minimum absolute atomic E-state index is 0.0251. The smallest absolute Gasteiger partial charge is 0.172 e. The van der Waals surface area contributed by atoms with Crippen molar-refractivity contribution >= 4 is 5.78 Å². The largest absolute Gasteiger partial charge is 0.496 e. The maximum absolute atomic E-state index is 12.4. The number of rotatable bonds is 5. The molecule has 0 bridgehead atoms. The Bertz CT molecular complexity index is 629. The minimum atomic E-state index is 0.0251. The van der Waals surface area contributed by atoms with E-state index in [4.69, 9.17) is 9.15 Å². The maximum Gasteiger partial charge on any atom is 0.172 e. The Morgan fingerprint density at radius 3 is 2.80 bits per heavy atom. The summed E-state index contributed by atoms with van der Waals surface area (Å²) in [6, 6.07) is 1.72. The van der Waals surface area contributed by atoms with Gasteiger partial charge in [0.15, 0.2) is 5.78 Å². The molecule has 20 heavy (non-hydrogen) atoms. The third-order valence-corrected chi connectivity index (χ3v) is 3.44. The quantitative estimate of drug-likeness (QED) is 0.784. The average Bonchev–Trinajstić information content (AvgIpc) is 2.91. The number of ketones is 1. The fourth-order valence-electron chi connectivity index (χ4n) is 2.36. The zero-order chi connectivity index (χ0) is 14.7. The predicted molar refractivity (Wildman–Crippen MR) is 76.4 cm³/mol. The predicted octanol–water partition coefficient (Wildman–Crippen LogP) is 3.29. The summed E-state index contributed by atoms with van der Waals surface area (Å²) >= 11 is 0. The van der Waals surface area contributed by atoms with Crippen LogP contribution >= 0.6 is 0 Å². The second-order valence-electron chi connectivity index (χ2n) is 4.76. The lowest BCUT2D eigenvalue weighted by Crippen LogP contribution is -2.09. The Balaban J connectivity index is 2.29. The van der Waals surface area contributed by atoms with E-state index in [9.17, 15) is 4.79 Å². The minimum Gasteiger partial charge on any atom is -0.496 e. The molecule has 0 amide bonds. The van der Waals surface area contributed by atoms with E-state index in [1.165, 1.54) is 0 Å². The van der Waals surface area contributed by atoms with Gasteiger partial charge in [0.05, 0.1) is 31.1 Å². The second kappa shape index (κ2) is 5.90. The number of aromatic nitrogens is 1. The zero-order valence-corrected chi connectivity index (χ0v) is 12.3. The molecule has 0 saturated carbocycles. The van der Waals surface area contributed by atoms with Gasteiger partial charge in [-0.15, -0.1) is 0 Å². The molecule has 4 heteroatoms. The molecule has 0 N–H and O–H groups in total. The van der Waals surface area contributed by atoms with Gasteiger partial charge >= 0.3 is 0 Å². The molecular formula is C16H19NO3. The van der Waals surface area contributed by atoms with Crippen LogP contribution in [0.5, 0.6) is 5.75 Å². The van der Waals surface area contributed by atoms with Crippen molar-refractivity contribution in [1.29, 1.82) is 0 Å². The van der Waals surface area contributed by atoms with Crippen LogP contribution in [0.4, 0.5) is 0 Å². The third-order valence-electron chi connectivity index (χ3n) is 3.44. The lowest BCUT2D eigenvalue weighted by atomic mass is 10.0. The molecule has 2 rings (SSSR count). The lowest BCUT2D eigenvalue weighted by molar-refractivity contribution is 0.0990. The molecule has 0 spiro atoms. The molecule has 0 aliphatic carbocycles. The summed E-state index contributed by atoms with van der Waals surface area (Å²) in [5.41, 5.74) is 3.29. The summed E-state index contributed by atoms with van der Waals surface area (Å²) in [5, 5.41) is 0. The number of nitrogens with zero attached hydrogens (tertiary/aromatic N) is 1. The van der Waals surface area contributed by atoms with Gasteiger partial charge in [-0.3, -0.25) is 9.78 Å². The molecule has 2 heterocycles. The van der Waals surface area contributed by atoms with Crippen molar-refractivity contribution in [1.82, 2.24) is 4.98 Å². The molecule has 0 unspecified atom stereocenters. The fourth-order valence-corrected chi connectivity index (χ4v) is 2.36. The van der Waals surface area contributed by atoms with Gasteiger partial charge in [-0.1, -0.05) is 6.92 Å². The Hall–Kier alpha value is -2.10. The Kier molecular flexibility index (Phi) is 4.23. The number of Topliss-reactive ketones (excluding diaryl/α,β-unsaturated/α-hetero) is 1. The van der Waals surface area contributed by atoms with Crippen molar-refractivity contribution in [2.24, 2.45) is 0 Å². The van der Waals surface area contributed by atoms with Crippen LogP contribution in [0, 0.1) is 13.8 Å². The van der Waals surface area contributed by atoms with Crippen LogP contribution in [-0.4, -0.2) is 17.9 Å². The summed E-state index contributed by atoms with van der Waals surface area (Å²) in [4.78, 5) is 16.7. The monoisotopic (exact) mass is 273 g/mol. The van der Waals surface area contributed by atoms with Gasteiger partial charge in [0.1, 0.15) is 11.5 Å². The molecule has 0 aliphatic heterocycles. The lowest BCUT2D eigenvalue weighted by Gasteiger charge is -2.11. The summed E-state index contributed by atoms with van der Waals surface area (Å²) in [6.07, 6.45) is 4.26. The molecule has 0 aromatic carbocycles. The summed E-state index contributed by atoms with van der Waals surface area (Å²) < 4.78 is 10.7. The number of methoxy groups -OCH3 is 1. The van der Waals surface area contributed by atoms with Gasteiger partial charge in [-0.25, -0.2) is 0 Å². The molecule has 106 valence electrons. The van der Waals surface area contributed by atoms with Crippen LogP contribution in [0.15, 0.2) is 22.9 Å². The van der Waals surface area contributed by atoms with Crippen molar-refractivity contribution in [2.75, 3.05) is 7.11 Å². The highest BCUT2D eigenvalue weighted by atomic mass is 16.5. The Morgan fingerprint density at radius 1 is 1.40 bits per heavy atom. The van der Waals surface area contributed by atoms with Crippen LogP contribution in [0.2, 0.25) is 0 Å². The van der Waals surface area contributed by atoms with E-state index in [0.29, 0.717) is 12.0 Å². The summed E-state index contributed by atoms with van der Waals surface area (Å²) in [6.45, 7) is 5.83. The second-order valence-corrected chi connectivity index (χ2v) is 4.76. The molecule has 0 radical (unpaired) electrons. The van der Waals surface area contributed by atoms with Crippen LogP contribution < -0.4 is 4.74 Å². The first-order chi connectivity index (χ1) is 9.58. The first kappa shape index (κ1) is 14.3. The van der Waals surface area contributed by atoms with Crippen molar-refractivity contribution in [2.45, 2.75) is 33.6 Å². The highest BCUT2D eigenvalue weighted by Gasteiger charge is 2.17. The summed E-state index contributed by atoms with van der Waals surface area (Å²) in [5.74, 6) is 1.55. The van der Waals surface area contributed by atoms with Gasteiger partial charge in [0, 0.05) is 23.7 Å². The third kappa shape index (κ3) is 2.59. The number of hydrogen-bond acceptors (Lipinski definition) is 4. The molecule has 2 aromatic heterocycles. The van der Waals surface area contributed by atoms with E-state index >= 15 is 0 Å². The average molecular weight is 273 g/mol. The van der Waals surface area contributed by atoms with Crippen LogP contribution in [0.3, 0.4) is 0 Å².